The van der Waals surface area contributed by atoms with Gasteiger partial charge < -0.3 is 10.6 Å². The number of nitrogens with zero attached hydrogens (tertiary/aromatic N) is 2. The number of benzene rings is 1. The fraction of sp³-hybridized carbons (Fsp3) is 0.533. The molecule has 1 aliphatic heterocycles. The summed E-state index contributed by atoms with van der Waals surface area (Å²) in [5.74, 6) is 0.137. The molecular formula is C15H21N3O3. The molecule has 1 saturated heterocycles. The molecule has 1 aromatic rings. The Morgan fingerprint density at radius 1 is 1.38 bits per heavy atom. The first-order valence-corrected chi connectivity index (χ1v) is 7.09. The highest BCUT2D eigenvalue weighted by atomic mass is 16.6. The third-order valence-electron chi connectivity index (χ3n) is 4.09. The number of nitro benzene ring substituents is 1. The first-order chi connectivity index (χ1) is 9.78. The van der Waals surface area contributed by atoms with Crippen molar-refractivity contribution >= 4 is 17.3 Å². The standard InChI is InChI=1S/C15H21N3O3/c1-15(2)6-5-14(19)17(8-7-15)10-11-3-4-13(18(20)21)12(16)9-11/h3-4,9H,5-8,10,16H2,1-2H3. The number of rotatable bonds is 3. The summed E-state index contributed by atoms with van der Waals surface area (Å²) in [4.78, 5) is 24.2. The molecule has 0 radical (unpaired) electrons. The van der Waals surface area contributed by atoms with Crippen molar-refractivity contribution in [3.05, 3.63) is 33.9 Å². The molecule has 0 saturated carbocycles. The number of likely N-dealkylation sites (tertiary alicyclic amines) is 1. The number of carbonyl (C=O) groups is 1. The van der Waals surface area contributed by atoms with E-state index in [1.54, 1.807) is 12.1 Å². The molecule has 0 aliphatic carbocycles. The Morgan fingerprint density at radius 2 is 2.10 bits per heavy atom. The smallest absolute Gasteiger partial charge is 0.292 e. The molecular weight excluding hydrogens is 270 g/mol. The minimum atomic E-state index is -0.501. The summed E-state index contributed by atoms with van der Waals surface area (Å²) in [7, 11) is 0. The van der Waals surface area contributed by atoms with Gasteiger partial charge in [-0.1, -0.05) is 19.9 Å². The predicted octanol–water partition coefficient (Wildman–Crippen LogP) is 2.72. The van der Waals surface area contributed by atoms with Gasteiger partial charge in [-0.05, 0) is 29.9 Å². The number of nitro groups is 1. The Labute approximate surface area is 124 Å². The fourth-order valence-electron chi connectivity index (χ4n) is 2.55. The van der Waals surface area contributed by atoms with Crippen LogP contribution in [-0.2, 0) is 11.3 Å². The lowest BCUT2D eigenvalue weighted by Crippen LogP contribution is -2.30. The summed E-state index contributed by atoms with van der Waals surface area (Å²) in [6.07, 6.45) is 2.40. The van der Waals surface area contributed by atoms with Crippen molar-refractivity contribution in [2.75, 3.05) is 12.3 Å². The Hall–Kier alpha value is -2.11. The molecule has 0 unspecified atom stereocenters. The Morgan fingerprint density at radius 3 is 2.71 bits per heavy atom. The number of hydrogen-bond acceptors (Lipinski definition) is 4. The lowest BCUT2D eigenvalue weighted by atomic mass is 9.85. The quantitative estimate of drug-likeness (QED) is 0.526. The van der Waals surface area contributed by atoms with Crippen molar-refractivity contribution < 1.29 is 9.72 Å². The highest BCUT2D eigenvalue weighted by molar-refractivity contribution is 5.76. The number of carbonyl (C=O) groups excluding carboxylic acids is 1. The van der Waals surface area contributed by atoms with Crippen molar-refractivity contribution in [1.82, 2.24) is 4.90 Å². The Balaban J connectivity index is 2.12. The lowest BCUT2D eigenvalue weighted by molar-refractivity contribution is -0.383. The third kappa shape index (κ3) is 3.71. The molecule has 0 bridgehead atoms. The van der Waals surface area contributed by atoms with Crippen LogP contribution in [0.2, 0.25) is 0 Å². The molecule has 114 valence electrons. The molecule has 6 heteroatoms. The van der Waals surface area contributed by atoms with E-state index in [2.05, 4.69) is 13.8 Å². The van der Waals surface area contributed by atoms with E-state index in [0.717, 1.165) is 18.4 Å². The highest BCUT2D eigenvalue weighted by Crippen LogP contribution is 2.31. The summed E-state index contributed by atoms with van der Waals surface area (Å²) in [5, 5.41) is 10.8. The van der Waals surface area contributed by atoms with Gasteiger partial charge in [0.1, 0.15) is 5.69 Å². The number of nitrogen functional groups attached to an aromatic ring is 1. The number of hydrogen-bond donors (Lipinski definition) is 1. The molecule has 21 heavy (non-hydrogen) atoms. The third-order valence-corrected chi connectivity index (χ3v) is 4.09. The lowest BCUT2D eigenvalue weighted by Gasteiger charge is -2.23. The van der Waals surface area contributed by atoms with Gasteiger partial charge in [0, 0.05) is 25.6 Å². The summed E-state index contributed by atoms with van der Waals surface area (Å²) >= 11 is 0. The van der Waals surface area contributed by atoms with Crippen molar-refractivity contribution in [1.29, 1.82) is 0 Å². The zero-order valence-electron chi connectivity index (χ0n) is 12.5. The molecule has 1 heterocycles. The van der Waals surface area contributed by atoms with E-state index in [1.165, 1.54) is 6.07 Å². The second-order valence-corrected chi connectivity index (χ2v) is 6.38. The van der Waals surface area contributed by atoms with Crippen LogP contribution in [0.5, 0.6) is 0 Å². The fourth-order valence-corrected chi connectivity index (χ4v) is 2.55. The van der Waals surface area contributed by atoms with Crippen LogP contribution in [0.4, 0.5) is 11.4 Å². The van der Waals surface area contributed by atoms with Gasteiger partial charge in [0.2, 0.25) is 5.91 Å². The van der Waals surface area contributed by atoms with Crippen LogP contribution in [0, 0.1) is 15.5 Å². The minimum Gasteiger partial charge on any atom is -0.393 e. The van der Waals surface area contributed by atoms with Crippen molar-refractivity contribution in [2.24, 2.45) is 5.41 Å². The summed E-state index contributed by atoms with van der Waals surface area (Å²) in [6.45, 7) is 5.52. The average Bonchev–Trinajstić information content (AvgIpc) is 2.51. The van der Waals surface area contributed by atoms with Crippen LogP contribution in [0.15, 0.2) is 18.2 Å². The molecule has 2 rings (SSSR count). The zero-order valence-corrected chi connectivity index (χ0v) is 12.5. The molecule has 1 fully saturated rings. The predicted molar refractivity (Wildman–Crippen MR) is 80.6 cm³/mol. The molecule has 6 nitrogen and oxygen atoms in total. The molecule has 0 atom stereocenters. The summed E-state index contributed by atoms with van der Waals surface area (Å²) in [6, 6.07) is 4.65. The van der Waals surface area contributed by atoms with Gasteiger partial charge in [0.15, 0.2) is 0 Å². The largest absolute Gasteiger partial charge is 0.393 e. The highest BCUT2D eigenvalue weighted by Gasteiger charge is 2.27. The number of amides is 1. The van der Waals surface area contributed by atoms with Gasteiger partial charge in [-0.2, -0.15) is 0 Å². The van der Waals surface area contributed by atoms with Crippen molar-refractivity contribution in [3.63, 3.8) is 0 Å². The van der Waals surface area contributed by atoms with Crippen molar-refractivity contribution in [3.8, 4) is 0 Å². The van der Waals surface area contributed by atoms with Gasteiger partial charge >= 0.3 is 0 Å². The van der Waals surface area contributed by atoms with Gasteiger partial charge in [-0.15, -0.1) is 0 Å². The van der Waals surface area contributed by atoms with Crippen LogP contribution in [0.3, 0.4) is 0 Å². The van der Waals surface area contributed by atoms with Gasteiger partial charge in [-0.25, -0.2) is 0 Å². The minimum absolute atomic E-state index is 0.0953. The molecule has 0 aromatic heterocycles. The van der Waals surface area contributed by atoms with Crippen LogP contribution in [0.25, 0.3) is 0 Å². The average molecular weight is 291 g/mol. The second-order valence-electron chi connectivity index (χ2n) is 6.38. The normalized spacial score (nSPS) is 18.4. The first kappa shape index (κ1) is 15.3. The topological polar surface area (TPSA) is 89.5 Å². The van der Waals surface area contributed by atoms with E-state index in [9.17, 15) is 14.9 Å². The maximum absolute atomic E-state index is 12.2. The molecule has 0 spiro atoms. The maximum Gasteiger partial charge on any atom is 0.292 e. The van der Waals surface area contributed by atoms with Gasteiger partial charge in [0.05, 0.1) is 4.92 Å². The number of nitrogens with two attached hydrogens (primary N) is 1. The molecule has 1 aromatic carbocycles. The monoisotopic (exact) mass is 291 g/mol. The van der Waals surface area contributed by atoms with Crippen molar-refractivity contribution in [2.45, 2.75) is 39.7 Å². The summed E-state index contributed by atoms with van der Waals surface area (Å²) < 4.78 is 0. The molecule has 1 aliphatic rings. The van der Waals surface area contributed by atoms with Crippen LogP contribution < -0.4 is 5.73 Å². The Kier molecular flexibility index (Phi) is 4.16. The van der Waals surface area contributed by atoms with E-state index in [-0.39, 0.29) is 22.7 Å². The van der Waals surface area contributed by atoms with E-state index < -0.39 is 4.92 Å². The Bertz CT molecular complexity index is 569. The SMILES string of the molecule is CC1(C)CCC(=O)N(Cc2ccc([N+](=O)[O-])c(N)c2)CC1. The molecule has 1 amide bonds. The van der Waals surface area contributed by atoms with Gasteiger partial charge in [0.25, 0.3) is 5.69 Å². The van der Waals surface area contributed by atoms with Crippen LogP contribution >= 0.6 is 0 Å². The second kappa shape index (κ2) is 5.71. The summed E-state index contributed by atoms with van der Waals surface area (Å²) in [5.41, 5.74) is 6.74. The van der Waals surface area contributed by atoms with Crippen LogP contribution in [-0.4, -0.2) is 22.3 Å². The van der Waals surface area contributed by atoms with E-state index in [0.29, 0.717) is 19.5 Å². The van der Waals surface area contributed by atoms with Crippen LogP contribution in [0.1, 0.15) is 38.7 Å². The van der Waals surface area contributed by atoms with E-state index in [1.807, 2.05) is 4.90 Å². The van der Waals surface area contributed by atoms with Gasteiger partial charge in [-0.3, -0.25) is 14.9 Å². The number of anilines is 1. The van der Waals surface area contributed by atoms with E-state index >= 15 is 0 Å². The zero-order chi connectivity index (χ0) is 15.6. The maximum atomic E-state index is 12.2. The first-order valence-electron chi connectivity index (χ1n) is 7.09. The molecule has 2 N–H and O–H groups in total. The van der Waals surface area contributed by atoms with E-state index in [4.69, 9.17) is 5.73 Å².